The first-order chi connectivity index (χ1) is 10.3. The molecule has 0 aliphatic heterocycles. The summed E-state index contributed by atoms with van der Waals surface area (Å²) in [5, 5.41) is 7.28. The minimum absolute atomic E-state index is 0.126. The number of aliphatic carboxylic acids is 1. The Morgan fingerprint density at radius 1 is 1.43 bits per heavy atom. The first-order valence-electron chi connectivity index (χ1n) is 5.78. The van der Waals surface area contributed by atoms with E-state index in [-0.39, 0.29) is 11.6 Å². The second kappa shape index (κ2) is 8.43. The number of hydrogen-bond donors (Lipinski definition) is 3. The summed E-state index contributed by atoms with van der Waals surface area (Å²) in [6.07, 6.45) is -5.08. The maximum absolute atomic E-state index is 13.3. The number of carboxylic acids is 1. The molecule has 1 rings (SSSR count). The molecule has 12 heteroatoms. The Bertz CT molecular complexity index is 652. The van der Waals surface area contributed by atoms with Crippen LogP contribution in [0.15, 0.2) is 23.1 Å². The van der Waals surface area contributed by atoms with Crippen LogP contribution in [0.1, 0.15) is 6.92 Å². The van der Waals surface area contributed by atoms with Crippen LogP contribution in [0, 0.1) is 5.82 Å². The summed E-state index contributed by atoms with van der Waals surface area (Å²) in [5.74, 6) is -3.60. The summed E-state index contributed by atoms with van der Waals surface area (Å²) in [4.78, 5) is 8.42. The molecule has 1 atom stereocenters. The Kier molecular flexibility index (Phi) is 7.91. The predicted octanol–water partition coefficient (Wildman–Crippen LogP) is 1.74. The maximum atomic E-state index is 13.3. The van der Waals surface area contributed by atoms with Gasteiger partial charge in [0.25, 0.3) is 0 Å². The first-order valence-corrected chi connectivity index (χ1v) is 7.65. The van der Waals surface area contributed by atoms with E-state index in [0.717, 1.165) is 12.1 Å². The largest absolute Gasteiger partial charge is 0.490 e. The Morgan fingerprint density at radius 2 is 1.91 bits per heavy atom. The average molecular weight is 381 g/mol. The van der Waals surface area contributed by atoms with E-state index in [4.69, 9.17) is 27.2 Å². The molecule has 0 aliphatic carbocycles. The molecule has 0 aromatic heterocycles. The Balaban J connectivity index is 0.000000585. The molecule has 0 fully saturated rings. The molecule has 0 aliphatic rings. The van der Waals surface area contributed by atoms with Crippen molar-refractivity contribution in [2.24, 2.45) is 5.73 Å². The van der Waals surface area contributed by atoms with E-state index in [2.05, 4.69) is 4.72 Å². The number of hydrogen-bond acceptors (Lipinski definition) is 4. The van der Waals surface area contributed by atoms with Crippen molar-refractivity contribution < 1.29 is 35.9 Å². The number of nitrogens with one attached hydrogen (secondary N) is 1. The number of carbonyl (C=O) groups is 1. The monoisotopic (exact) mass is 380 g/mol. The molecule has 0 bridgehead atoms. The lowest BCUT2D eigenvalue weighted by Gasteiger charge is -2.12. The second-order valence-electron chi connectivity index (χ2n) is 4.14. The van der Waals surface area contributed by atoms with Gasteiger partial charge in [0, 0.05) is 17.6 Å². The van der Waals surface area contributed by atoms with Gasteiger partial charge in [-0.3, -0.25) is 0 Å². The normalized spacial score (nSPS) is 13.0. The SMILES string of the molecule is C[C@@H](CN)NS(=O)(=O)c1cc(Cl)ccc1F.O=C(O)C(F)(F)F. The molecule has 23 heavy (non-hydrogen) atoms. The molecular formula is C11H13ClF4N2O4S. The van der Waals surface area contributed by atoms with Gasteiger partial charge >= 0.3 is 12.1 Å². The van der Waals surface area contributed by atoms with Gasteiger partial charge in [-0.2, -0.15) is 13.2 Å². The number of sulfonamides is 1. The summed E-state index contributed by atoms with van der Waals surface area (Å²) in [6, 6.07) is 2.87. The van der Waals surface area contributed by atoms with Crippen molar-refractivity contribution in [1.82, 2.24) is 4.72 Å². The molecule has 0 saturated carbocycles. The zero-order chi connectivity index (χ0) is 18.4. The summed E-state index contributed by atoms with van der Waals surface area (Å²) in [7, 11) is -3.91. The minimum atomic E-state index is -5.08. The van der Waals surface area contributed by atoms with E-state index in [1.54, 1.807) is 6.92 Å². The van der Waals surface area contributed by atoms with Gasteiger partial charge in [-0.05, 0) is 25.1 Å². The number of carboxylic acid groups (broad SMARTS) is 1. The van der Waals surface area contributed by atoms with E-state index in [9.17, 15) is 26.0 Å². The van der Waals surface area contributed by atoms with E-state index in [1.165, 1.54) is 6.07 Å². The lowest BCUT2D eigenvalue weighted by Crippen LogP contribution is -2.38. The fraction of sp³-hybridized carbons (Fsp3) is 0.364. The Morgan fingerprint density at radius 3 is 2.30 bits per heavy atom. The average Bonchev–Trinajstić information content (AvgIpc) is 2.40. The highest BCUT2D eigenvalue weighted by molar-refractivity contribution is 7.89. The summed E-state index contributed by atoms with van der Waals surface area (Å²) >= 11 is 5.61. The molecule has 0 amide bonds. The second-order valence-corrected chi connectivity index (χ2v) is 6.25. The molecule has 0 radical (unpaired) electrons. The van der Waals surface area contributed by atoms with Gasteiger partial charge in [0.1, 0.15) is 10.7 Å². The number of nitrogens with two attached hydrogens (primary N) is 1. The third-order valence-electron chi connectivity index (χ3n) is 2.14. The van der Waals surface area contributed by atoms with Gasteiger partial charge in [0.15, 0.2) is 0 Å². The summed E-state index contributed by atoms with van der Waals surface area (Å²) in [5.41, 5.74) is 5.28. The quantitative estimate of drug-likeness (QED) is 0.689. The molecule has 6 nitrogen and oxygen atoms in total. The zero-order valence-electron chi connectivity index (χ0n) is 11.6. The standard InChI is InChI=1S/C9H12ClFN2O2S.C2HF3O2/c1-6(5-12)13-16(14,15)9-4-7(10)2-3-8(9)11;3-2(4,5)1(6)7/h2-4,6,13H,5,12H2,1H3;(H,6,7)/t6-;/m0./s1. The molecule has 0 saturated heterocycles. The highest BCUT2D eigenvalue weighted by Crippen LogP contribution is 2.19. The highest BCUT2D eigenvalue weighted by Gasteiger charge is 2.38. The van der Waals surface area contributed by atoms with Crippen LogP contribution >= 0.6 is 11.6 Å². The van der Waals surface area contributed by atoms with Crippen molar-refractivity contribution in [3.63, 3.8) is 0 Å². The third-order valence-corrected chi connectivity index (χ3v) is 3.97. The Labute approximate surface area is 134 Å². The van der Waals surface area contributed by atoms with E-state index in [0.29, 0.717) is 0 Å². The molecule has 0 heterocycles. The van der Waals surface area contributed by atoms with Crippen LogP contribution in [0.2, 0.25) is 5.02 Å². The molecular weight excluding hydrogens is 368 g/mol. The molecule has 0 unspecified atom stereocenters. The van der Waals surface area contributed by atoms with Crippen LogP contribution in [-0.2, 0) is 14.8 Å². The molecule has 1 aromatic rings. The van der Waals surface area contributed by atoms with Gasteiger partial charge in [-0.15, -0.1) is 0 Å². The van der Waals surface area contributed by atoms with Crippen molar-refractivity contribution in [2.75, 3.05) is 6.54 Å². The molecule has 1 aromatic carbocycles. The smallest absolute Gasteiger partial charge is 0.475 e. The van der Waals surface area contributed by atoms with Crippen LogP contribution in [0.4, 0.5) is 17.6 Å². The van der Waals surface area contributed by atoms with Gasteiger partial charge in [0.2, 0.25) is 10.0 Å². The van der Waals surface area contributed by atoms with Crippen LogP contribution in [0.5, 0.6) is 0 Å². The van der Waals surface area contributed by atoms with Crippen molar-refractivity contribution >= 4 is 27.6 Å². The third kappa shape index (κ3) is 7.59. The van der Waals surface area contributed by atoms with Gasteiger partial charge in [-0.25, -0.2) is 22.3 Å². The number of benzene rings is 1. The minimum Gasteiger partial charge on any atom is -0.475 e. The fourth-order valence-electron chi connectivity index (χ4n) is 1.06. The van der Waals surface area contributed by atoms with Crippen molar-refractivity contribution in [3.05, 3.63) is 29.0 Å². The maximum Gasteiger partial charge on any atom is 0.490 e. The summed E-state index contributed by atoms with van der Waals surface area (Å²) < 4.78 is 70.7. The molecule has 4 N–H and O–H groups in total. The van der Waals surface area contributed by atoms with Gasteiger partial charge < -0.3 is 10.8 Å². The predicted molar refractivity (Wildman–Crippen MR) is 73.9 cm³/mol. The van der Waals surface area contributed by atoms with Gasteiger partial charge in [0.05, 0.1) is 0 Å². The zero-order valence-corrected chi connectivity index (χ0v) is 13.1. The number of rotatable bonds is 4. The lowest BCUT2D eigenvalue weighted by atomic mass is 10.3. The van der Waals surface area contributed by atoms with Crippen LogP contribution < -0.4 is 10.5 Å². The summed E-state index contributed by atoms with van der Waals surface area (Å²) in [6.45, 7) is 1.71. The van der Waals surface area contributed by atoms with Crippen LogP contribution in [-0.4, -0.2) is 38.3 Å². The van der Waals surface area contributed by atoms with E-state index in [1.807, 2.05) is 0 Å². The fourth-order valence-corrected chi connectivity index (χ4v) is 2.66. The van der Waals surface area contributed by atoms with Crippen molar-refractivity contribution in [1.29, 1.82) is 0 Å². The lowest BCUT2D eigenvalue weighted by molar-refractivity contribution is -0.192. The first kappa shape index (κ1) is 21.6. The molecule has 132 valence electrons. The number of alkyl halides is 3. The Hall–Kier alpha value is -1.43. The van der Waals surface area contributed by atoms with Crippen LogP contribution in [0.25, 0.3) is 0 Å². The van der Waals surface area contributed by atoms with Crippen molar-refractivity contribution in [3.8, 4) is 0 Å². The van der Waals surface area contributed by atoms with Gasteiger partial charge in [-0.1, -0.05) is 11.6 Å². The van der Waals surface area contributed by atoms with E-state index < -0.39 is 38.9 Å². The van der Waals surface area contributed by atoms with Crippen molar-refractivity contribution in [2.45, 2.75) is 24.0 Å². The van der Waals surface area contributed by atoms with E-state index >= 15 is 0 Å². The highest BCUT2D eigenvalue weighted by atomic mass is 35.5. The number of halogens is 5. The van der Waals surface area contributed by atoms with Crippen LogP contribution in [0.3, 0.4) is 0 Å². The topological polar surface area (TPSA) is 109 Å². The molecule has 0 spiro atoms.